The van der Waals surface area contributed by atoms with E-state index >= 15 is 0 Å². The lowest BCUT2D eigenvalue weighted by Gasteiger charge is -2.09. The smallest absolute Gasteiger partial charge is 0.359 e. The minimum Gasteiger partial charge on any atom is -0.359 e. The van der Waals surface area contributed by atoms with E-state index in [1.165, 1.54) is 24.4 Å². The van der Waals surface area contributed by atoms with Crippen LogP contribution in [0.5, 0.6) is 0 Å². The Labute approximate surface area is 113 Å². The first-order valence-corrected chi connectivity index (χ1v) is 5.83. The standard InChI is InChI=1S/C14H11F3N2O/c15-14(16,17)13(19-10-5-2-1-3-6-10)9-12(20)11-7-4-8-18-11/h1-8,18H,9H2. The molecule has 0 spiro atoms. The van der Waals surface area contributed by atoms with Crippen molar-refractivity contribution in [2.24, 2.45) is 4.99 Å². The fraction of sp³-hybridized carbons (Fsp3) is 0.143. The molecule has 0 aliphatic heterocycles. The van der Waals surface area contributed by atoms with Gasteiger partial charge in [0, 0.05) is 6.20 Å². The first-order valence-electron chi connectivity index (χ1n) is 5.83. The van der Waals surface area contributed by atoms with Crippen LogP contribution in [0.3, 0.4) is 0 Å². The molecular formula is C14H11F3N2O. The van der Waals surface area contributed by atoms with Crippen LogP contribution in [0.2, 0.25) is 0 Å². The van der Waals surface area contributed by atoms with Gasteiger partial charge in [0.1, 0.15) is 5.71 Å². The number of carbonyl (C=O) groups is 1. The van der Waals surface area contributed by atoms with E-state index in [-0.39, 0.29) is 11.4 Å². The maximum atomic E-state index is 12.9. The van der Waals surface area contributed by atoms with Gasteiger partial charge in [0.25, 0.3) is 0 Å². The molecule has 6 heteroatoms. The zero-order chi connectivity index (χ0) is 14.6. The van der Waals surface area contributed by atoms with E-state index in [2.05, 4.69) is 9.98 Å². The Balaban J connectivity index is 2.26. The van der Waals surface area contributed by atoms with Gasteiger partial charge in [0.15, 0.2) is 5.78 Å². The molecule has 0 fully saturated rings. The highest BCUT2D eigenvalue weighted by Crippen LogP contribution is 2.24. The zero-order valence-corrected chi connectivity index (χ0v) is 10.3. The van der Waals surface area contributed by atoms with Crippen LogP contribution in [0.25, 0.3) is 0 Å². The number of ketones is 1. The molecule has 0 atom stereocenters. The van der Waals surface area contributed by atoms with Crippen molar-refractivity contribution in [2.45, 2.75) is 12.6 Å². The number of aromatic amines is 1. The predicted octanol–water partition coefficient (Wildman–Crippen LogP) is 3.92. The zero-order valence-electron chi connectivity index (χ0n) is 10.3. The lowest BCUT2D eigenvalue weighted by molar-refractivity contribution is -0.0601. The summed E-state index contributed by atoms with van der Waals surface area (Å²) in [6, 6.07) is 10.7. The first-order chi connectivity index (χ1) is 9.47. The van der Waals surface area contributed by atoms with Gasteiger partial charge in [-0.15, -0.1) is 0 Å². The number of para-hydroxylation sites is 1. The lowest BCUT2D eigenvalue weighted by Crippen LogP contribution is -2.25. The van der Waals surface area contributed by atoms with E-state index in [0.29, 0.717) is 0 Å². The highest BCUT2D eigenvalue weighted by atomic mass is 19.4. The quantitative estimate of drug-likeness (QED) is 0.669. The van der Waals surface area contributed by atoms with Gasteiger partial charge in [-0.2, -0.15) is 13.2 Å². The second-order valence-electron chi connectivity index (χ2n) is 4.08. The molecule has 0 bridgehead atoms. The molecule has 0 aliphatic rings. The summed E-state index contributed by atoms with van der Waals surface area (Å²) in [5.41, 5.74) is -0.808. The van der Waals surface area contributed by atoms with Crippen LogP contribution in [0, 0.1) is 0 Å². The van der Waals surface area contributed by atoms with Crippen molar-refractivity contribution in [1.82, 2.24) is 4.98 Å². The average molecular weight is 280 g/mol. The van der Waals surface area contributed by atoms with Crippen molar-refractivity contribution >= 4 is 17.2 Å². The first kappa shape index (κ1) is 14.0. The lowest BCUT2D eigenvalue weighted by atomic mass is 10.1. The molecule has 0 aliphatic carbocycles. The van der Waals surface area contributed by atoms with Gasteiger partial charge in [-0.05, 0) is 24.3 Å². The summed E-state index contributed by atoms with van der Waals surface area (Å²) in [5, 5.41) is 0. The maximum Gasteiger partial charge on any atom is 0.429 e. The number of aromatic nitrogens is 1. The third kappa shape index (κ3) is 3.57. The highest BCUT2D eigenvalue weighted by molar-refractivity contribution is 6.11. The van der Waals surface area contributed by atoms with E-state index in [0.717, 1.165) is 0 Å². The molecular weight excluding hydrogens is 269 g/mol. The third-order valence-corrected chi connectivity index (χ3v) is 2.57. The van der Waals surface area contributed by atoms with Crippen molar-refractivity contribution in [3.8, 4) is 0 Å². The second-order valence-corrected chi connectivity index (χ2v) is 4.08. The Morgan fingerprint density at radius 3 is 2.35 bits per heavy atom. The number of alkyl halides is 3. The van der Waals surface area contributed by atoms with Crippen LogP contribution in [0.4, 0.5) is 18.9 Å². The van der Waals surface area contributed by atoms with Crippen LogP contribution in [0.1, 0.15) is 16.9 Å². The summed E-state index contributed by atoms with van der Waals surface area (Å²) in [7, 11) is 0. The fourth-order valence-electron chi connectivity index (χ4n) is 1.61. The van der Waals surface area contributed by atoms with Crippen molar-refractivity contribution in [3.63, 3.8) is 0 Å². The molecule has 2 aromatic rings. The third-order valence-electron chi connectivity index (χ3n) is 2.57. The molecule has 0 saturated carbocycles. The number of nitrogens with one attached hydrogen (secondary N) is 1. The summed E-state index contributed by atoms with van der Waals surface area (Å²) < 4.78 is 38.7. The summed E-state index contributed by atoms with van der Waals surface area (Å²) >= 11 is 0. The number of hydrogen-bond acceptors (Lipinski definition) is 2. The van der Waals surface area contributed by atoms with Crippen LogP contribution < -0.4 is 0 Å². The summed E-state index contributed by atoms with van der Waals surface area (Å²) in [4.78, 5) is 17.9. The summed E-state index contributed by atoms with van der Waals surface area (Å²) in [6.07, 6.45) is -3.95. The molecule has 0 amide bonds. The Morgan fingerprint density at radius 1 is 1.10 bits per heavy atom. The topological polar surface area (TPSA) is 45.2 Å². The Morgan fingerprint density at radius 2 is 1.80 bits per heavy atom. The minimum atomic E-state index is -4.64. The molecule has 20 heavy (non-hydrogen) atoms. The number of H-pyrrole nitrogens is 1. The molecule has 1 heterocycles. The number of Topliss-reactive ketones (excluding diaryl/α,β-unsaturated/α-hetero) is 1. The maximum absolute atomic E-state index is 12.9. The minimum absolute atomic E-state index is 0.134. The number of nitrogens with zero attached hydrogens (tertiary/aromatic N) is 1. The number of carbonyl (C=O) groups excluding carboxylic acids is 1. The molecule has 104 valence electrons. The van der Waals surface area contributed by atoms with Gasteiger partial charge in [-0.1, -0.05) is 18.2 Å². The Kier molecular flexibility index (Phi) is 4.02. The molecule has 0 unspecified atom stereocenters. The van der Waals surface area contributed by atoms with Crippen LogP contribution in [-0.2, 0) is 0 Å². The van der Waals surface area contributed by atoms with Crippen LogP contribution in [-0.4, -0.2) is 22.7 Å². The van der Waals surface area contributed by atoms with Crippen LogP contribution >= 0.6 is 0 Å². The number of halogens is 3. The molecule has 1 aromatic heterocycles. The molecule has 0 radical (unpaired) electrons. The second kappa shape index (κ2) is 5.73. The number of rotatable bonds is 4. The number of aliphatic imine (C=N–C) groups is 1. The van der Waals surface area contributed by atoms with E-state index in [1.54, 1.807) is 24.3 Å². The van der Waals surface area contributed by atoms with Crippen molar-refractivity contribution in [1.29, 1.82) is 0 Å². The van der Waals surface area contributed by atoms with Gasteiger partial charge in [-0.25, -0.2) is 4.99 Å². The Hall–Kier alpha value is -2.37. The van der Waals surface area contributed by atoms with E-state index in [4.69, 9.17) is 0 Å². The predicted molar refractivity (Wildman–Crippen MR) is 69.3 cm³/mol. The van der Waals surface area contributed by atoms with Gasteiger partial charge in [-0.3, -0.25) is 4.79 Å². The molecule has 3 nitrogen and oxygen atoms in total. The van der Waals surface area contributed by atoms with Gasteiger partial charge in [0.2, 0.25) is 0 Å². The van der Waals surface area contributed by atoms with E-state index in [9.17, 15) is 18.0 Å². The van der Waals surface area contributed by atoms with Gasteiger partial charge >= 0.3 is 6.18 Å². The molecule has 1 N–H and O–H groups in total. The summed E-state index contributed by atoms with van der Waals surface area (Å²) in [5.74, 6) is -0.651. The summed E-state index contributed by atoms with van der Waals surface area (Å²) in [6.45, 7) is 0. The highest BCUT2D eigenvalue weighted by Gasteiger charge is 2.37. The van der Waals surface area contributed by atoms with Crippen molar-refractivity contribution < 1.29 is 18.0 Å². The molecule has 1 aromatic carbocycles. The average Bonchev–Trinajstić information content (AvgIpc) is 2.92. The van der Waals surface area contributed by atoms with Gasteiger partial charge < -0.3 is 4.98 Å². The number of benzene rings is 1. The molecule has 2 rings (SSSR count). The van der Waals surface area contributed by atoms with Crippen molar-refractivity contribution in [3.05, 3.63) is 54.4 Å². The van der Waals surface area contributed by atoms with Crippen LogP contribution in [0.15, 0.2) is 53.7 Å². The monoisotopic (exact) mass is 280 g/mol. The van der Waals surface area contributed by atoms with Gasteiger partial charge in [0.05, 0.1) is 17.8 Å². The van der Waals surface area contributed by atoms with E-state index < -0.39 is 24.1 Å². The normalized spacial score (nSPS) is 12.4. The van der Waals surface area contributed by atoms with Crippen molar-refractivity contribution in [2.75, 3.05) is 0 Å². The Bertz CT molecular complexity index is 601. The molecule has 0 saturated heterocycles. The largest absolute Gasteiger partial charge is 0.429 e. The SMILES string of the molecule is O=C(CC(=Nc1ccccc1)C(F)(F)F)c1ccc[nH]1. The fourth-order valence-corrected chi connectivity index (χ4v) is 1.61. The number of hydrogen-bond donors (Lipinski definition) is 1. The van der Waals surface area contributed by atoms with E-state index in [1.807, 2.05) is 0 Å².